The second kappa shape index (κ2) is 7.01. The minimum absolute atomic E-state index is 0.0556. The zero-order chi connectivity index (χ0) is 15.2. The molecule has 3 N–H and O–H groups in total. The molecule has 112 valence electrons. The normalized spacial score (nSPS) is 11.2. The van der Waals surface area contributed by atoms with Gasteiger partial charge in [-0.25, -0.2) is 18.1 Å². The van der Waals surface area contributed by atoms with Gasteiger partial charge in [0.25, 0.3) is 10.0 Å². The number of nitrogens with zero attached hydrogens (tertiary/aromatic N) is 2. The summed E-state index contributed by atoms with van der Waals surface area (Å²) in [4.78, 5) is 25.3. The summed E-state index contributed by atoms with van der Waals surface area (Å²) in [5.41, 5.74) is 0. The molecule has 1 aromatic heterocycles. The number of carboxylic acids is 1. The van der Waals surface area contributed by atoms with Crippen molar-refractivity contribution >= 4 is 21.9 Å². The van der Waals surface area contributed by atoms with Crippen LogP contribution in [0.25, 0.3) is 0 Å². The summed E-state index contributed by atoms with van der Waals surface area (Å²) in [6, 6.07) is 0. The summed E-state index contributed by atoms with van der Waals surface area (Å²) >= 11 is 0. The number of rotatable bonds is 8. The van der Waals surface area contributed by atoms with E-state index in [4.69, 9.17) is 5.11 Å². The minimum atomic E-state index is -3.82. The average molecular weight is 304 g/mol. The van der Waals surface area contributed by atoms with Gasteiger partial charge in [0.15, 0.2) is 5.03 Å². The number of aromatic nitrogens is 2. The Morgan fingerprint density at radius 2 is 2.15 bits per heavy atom. The summed E-state index contributed by atoms with van der Waals surface area (Å²) in [5.74, 6) is -1.48. The van der Waals surface area contributed by atoms with E-state index < -0.39 is 28.4 Å². The van der Waals surface area contributed by atoms with Crippen molar-refractivity contribution in [3.05, 3.63) is 12.5 Å². The van der Waals surface area contributed by atoms with E-state index in [-0.39, 0.29) is 24.4 Å². The monoisotopic (exact) mass is 304 g/mol. The Balaban J connectivity index is 2.35. The summed E-state index contributed by atoms with van der Waals surface area (Å²) < 4.78 is 27.0. The lowest BCUT2D eigenvalue weighted by Gasteiger charge is -2.05. The van der Waals surface area contributed by atoms with E-state index in [9.17, 15) is 18.0 Å². The quantitative estimate of drug-likeness (QED) is 0.511. The van der Waals surface area contributed by atoms with Crippen molar-refractivity contribution in [2.75, 3.05) is 13.1 Å². The third kappa shape index (κ3) is 5.36. The van der Waals surface area contributed by atoms with Crippen molar-refractivity contribution in [3.8, 4) is 0 Å². The van der Waals surface area contributed by atoms with Crippen molar-refractivity contribution in [3.63, 3.8) is 0 Å². The molecule has 0 bridgehead atoms. The number of nitrogens with one attached hydrogen (secondary N) is 2. The van der Waals surface area contributed by atoms with Crippen LogP contribution in [-0.2, 0) is 26.7 Å². The molecule has 9 nitrogen and oxygen atoms in total. The molecule has 0 saturated carbocycles. The minimum Gasteiger partial charge on any atom is -0.481 e. The molecule has 0 atom stereocenters. The number of carboxylic acid groups (broad SMARTS) is 1. The molecule has 1 amide bonds. The topological polar surface area (TPSA) is 130 Å². The molecule has 20 heavy (non-hydrogen) atoms. The highest BCUT2D eigenvalue weighted by atomic mass is 32.2. The van der Waals surface area contributed by atoms with Gasteiger partial charge in [-0.2, -0.15) is 0 Å². The van der Waals surface area contributed by atoms with Gasteiger partial charge in [-0.1, -0.05) is 0 Å². The van der Waals surface area contributed by atoms with Crippen LogP contribution in [-0.4, -0.2) is 48.0 Å². The Morgan fingerprint density at radius 3 is 2.70 bits per heavy atom. The van der Waals surface area contributed by atoms with E-state index in [1.165, 1.54) is 17.1 Å². The zero-order valence-electron chi connectivity index (χ0n) is 10.9. The number of carbonyl (C=O) groups excluding carboxylic acids is 1. The van der Waals surface area contributed by atoms with Crippen molar-refractivity contribution in [2.24, 2.45) is 7.05 Å². The fourth-order valence-electron chi connectivity index (χ4n) is 1.29. The highest BCUT2D eigenvalue weighted by Crippen LogP contribution is 2.02. The van der Waals surface area contributed by atoms with Crippen LogP contribution in [0.3, 0.4) is 0 Å². The van der Waals surface area contributed by atoms with E-state index in [0.717, 1.165) is 0 Å². The second-order valence-corrected chi connectivity index (χ2v) is 5.76. The maximum atomic E-state index is 11.7. The molecular formula is C10H16N4O5S. The third-order valence-electron chi connectivity index (χ3n) is 2.27. The van der Waals surface area contributed by atoms with E-state index in [1.807, 2.05) is 0 Å². The van der Waals surface area contributed by atoms with E-state index >= 15 is 0 Å². The Kier molecular flexibility index (Phi) is 5.65. The van der Waals surface area contributed by atoms with Gasteiger partial charge in [-0.05, 0) is 6.42 Å². The molecule has 0 aromatic carbocycles. The van der Waals surface area contributed by atoms with Gasteiger partial charge in [-0.15, -0.1) is 0 Å². The van der Waals surface area contributed by atoms with Gasteiger partial charge in [0.1, 0.15) is 0 Å². The Hall–Kier alpha value is -1.94. The first kappa shape index (κ1) is 16.1. The van der Waals surface area contributed by atoms with Gasteiger partial charge < -0.3 is 15.0 Å². The Labute approximate surface area is 116 Å². The van der Waals surface area contributed by atoms with Crippen LogP contribution in [0.2, 0.25) is 0 Å². The maximum Gasteiger partial charge on any atom is 0.303 e. The SMILES string of the molecule is Cn1cnc(S(=O)(=O)NCC(=O)NCCCC(=O)O)c1. The molecule has 0 fully saturated rings. The first-order valence-electron chi connectivity index (χ1n) is 5.77. The van der Waals surface area contributed by atoms with Crippen LogP contribution in [0, 0.1) is 0 Å². The predicted octanol–water partition coefficient (Wildman–Crippen LogP) is -1.32. The number of aryl methyl sites for hydroxylation is 1. The first-order chi connectivity index (χ1) is 9.31. The lowest BCUT2D eigenvalue weighted by molar-refractivity contribution is -0.137. The second-order valence-electron chi connectivity index (χ2n) is 4.05. The lowest BCUT2D eigenvalue weighted by atomic mass is 10.3. The number of amides is 1. The van der Waals surface area contributed by atoms with E-state index in [0.29, 0.717) is 0 Å². The van der Waals surface area contributed by atoms with E-state index in [2.05, 4.69) is 15.0 Å². The molecule has 1 rings (SSSR count). The van der Waals surface area contributed by atoms with Crippen LogP contribution < -0.4 is 10.0 Å². The molecule has 0 spiro atoms. The number of hydrogen-bond donors (Lipinski definition) is 3. The van der Waals surface area contributed by atoms with Crippen LogP contribution in [0.1, 0.15) is 12.8 Å². The Morgan fingerprint density at radius 1 is 1.45 bits per heavy atom. The molecule has 0 unspecified atom stereocenters. The number of sulfonamides is 1. The standard InChI is InChI=1S/C10H16N4O5S/c1-14-6-9(12-7-14)20(18,19)13-5-8(15)11-4-2-3-10(16)17/h6-7,13H,2-5H2,1H3,(H,11,15)(H,16,17). The zero-order valence-corrected chi connectivity index (χ0v) is 11.7. The maximum absolute atomic E-state index is 11.7. The summed E-state index contributed by atoms with van der Waals surface area (Å²) in [6.07, 6.45) is 2.88. The summed E-state index contributed by atoms with van der Waals surface area (Å²) in [5, 5.41) is 10.6. The van der Waals surface area contributed by atoms with E-state index in [1.54, 1.807) is 7.05 Å². The third-order valence-corrected chi connectivity index (χ3v) is 3.55. The van der Waals surface area contributed by atoms with Crippen LogP contribution in [0.5, 0.6) is 0 Å². The van der Waals surface area contributed by atoms with Crippen LogP contribution >= 0.6 is 0 Å². The number of hydrogen-bond acceptors (Lipinski definition) is 5. The molecule has 0 aliphatic carbocycles. The van der Waals surface area contributed by atoms with Gasteiger partial charge in [0, 0.05) is 26.2 Å². The molecule has 1 heterocycles. The van der Waals surface area contributed by atoms with Crippen molar-refractivity contribution < 1.29 is 23.1 Å². The van der Waals surface area contributed by atoms with Crippen LogP contribution in [0.15, 0.2) is 17.6 Å². The lowest BCUT2D eigenvalue weighted by Crippen LogP contribution is -2.37. The summed E-state index contributed by atoms with van der Waals surface area (Å²) in [6.45, 7) is -0.248. The molecule has 0 aliphatic rings. The van der Waals surface area contributed by atoms with Crippen molar-refractivity contribution in [2.45, 2.75) is 17.9 Å². The predicted molar refractivity (Wildman–Crippen MR) is 68.3 cm³/mol. The van der Waals surface area contributed by atoms with Gasteiger partial charge >= 0.3 is 5.97 Å². The van der Waals surface area contributed by atoms with Crippen LogP contribution in [0.4, 0.5) is 0 Å². The fraction of sp³-hybridized carbons (Fsp3) is 0.500. The smallest absolute Gasteiger partial charge is 0.303 e. The number of aliphatic carboxylic acids is 1. The van der Waals surface area contributed by atoms with Crippen molar-refractivity contribution in [1.82, 2.24) is 19.6 Å². The number of carbonyl (C=O) groups is 2. The molecule has 0 saturated heterocycles. The van der Waals surface area contributed by atoms with Crippen molar-refractivity contribution in [1.29, 1.82) is 0 Å². The highest BCUT2D eigenvalue weighted by molar-refractivity contribution is 7.89. The molecule has 10 heteroatoms. The van der Waals surface area contributed by atoms with Gasteiger partial charge in [0.05, 0.1) is 12.9 Å². The summed E-state index contributed by atoms with van der Waals surface area (Å²) in [7, 11) is -2.19. The molecule has 0 aliphatic heterocycles. The number of imidazole rings is 1. The Bertz CT molecular complexity index is 580. The van der Waals surface area contributed by atoms with Gasteiger partial charge in [0.2, 0.25) is 5.91 Å². The molecule has 0 radical (unpaired) electrons. The first-order valence-corrected chi connectivity index (χ1v) is 7.25. The largest absolute Gasteiger partial charge is 0.481 e. The highest BCUT2D eigenvalue weighted by Gasteiger charge is 2.17. The molecule has 1 aromatic rings. The fourth-order valence-corrected chi connectivity index (χ4v) is 2.25. The molecular weight excluding hydrogens is 288 g/mol. The average Bonchev–Trinajstić information content (AvgIpc) is 2.79. The van der Waals surface area contributed by atoms with Gasteiger partial charge in [-0.3, -0.25) is 9.59 Å².